The Morgan fingerprint density at radius 2 is 0.939 bits per heavy atom. The van der Waals surface area contributed by atoms with Crippen molar-refractivity contribution in [3.63, 3.8) is 0 Å². The molecule has 2 heteroatoms. The first-order chi connectivity index (χ1) is 16.3. The van der Waals surface area contributed by atoms with E-state index >= 15 is 0 Å². The number of hydrogen-bond donors (Lipinski definition) is 0. The van der Waals surface area contributed by atoms with E-state index in [1.54, 1.807) is 5.82 Å². The van der Waals surface area contributed by atoms with Gasteiger partial charge < -0.3 is 0 Å². The summed E-state index contributed by atoms with van der Waals surface area (Å²) >= 11 is 0. The molecule has 0 amide bonds. The van der Waals surface area contributed by atoms with Gasteiger partial charge in [-0.2, -0.15) is 0 Å². The second kappa shape index (κ2) is 23.0. The summed E-state index contributed by atoms with van der Waals surface area (Å²) in [5.41, 5.74) is 0. The summed E-state index contributed by atoms with van der Waals surface area (Å²) in [5, 5.41) is 0. The lowest BCUT2D eigenvalue weighted by molar-refractivity contribution is -0.704. The van der Waals surface area contributed by atoms with E-state index in [9.17, 15) is 0 Å². The van der Waals surface area contributed by atoms with Gasteiger partial charge in [0.1, 0.15) is 12.4 Å². The molecule has 33 heavy (non-hydrogen) atoms. The van der Waals surface area contributed by atoms with Crippen molar-refractivity contribution in [3.8, 4) is 0 Å². The summed E-state index contributed by atoms with van der Waals surface area (Å²) in [5.74, 6) is 1.60. The monoisotopic (exact) mass is 461 g/mol. The molecule has 0 bridgehead atoms. The smallest absolute Gasteiger partial charge is 0.234 e. The molecule has 0 aliphatic rings. The van der Waals surface area contributed by atoms with Gasteiger partial charge in [-0.15, -0.1) is 0 Å². The molecule has 0 aliphatic carbocycles. The first-order valence-corrected chi connectivity index (χ1v) is 15.4. The highest BCUT2D eigenvalue weighted by atomic mass is 15.1. The molecule has 0 aromatic carbocycles. The van der Waals surface area contributed by atoms with E-state index in [1.165, 1.54) is 161 Å². The summed E-state index contributed by atoms with van der Waals surface area (Å²) in [6, 6.07) is 0. The van der Waals surface area contributed by atoms with Gasteiger partial charge in [0.2, 0.25) is 0 Å². The van der Waals surface area contributed by atoms with Gasteiger partial charge in [-0.1, -0.05) is 130 Å². The maximum Gasteiger partial charge on any atom is 0.256 e. The summed E-state index contributed by atoms with van der Waals surface area (Å²) in [6.45, 7) is 9.36. The van der Waals surface area contributed by atoms with Crippen LogP contribution in [0.15, 0.2) is 12.4 Å². The van der Waals surface area contributed by atoms with E-state index in [-0.39, 0.29) is 0 Å². The molecular formula is C31H61N2+. The van der Waals surface area contributed by atoms with Crippen LogP contribution < -0.4 is 4.57 Å². The number of imidazole rings is 1. The van der Waals surface area contributed by atoms with E-state index in [4.69, 9.17) is 0 Å². The molecule has 0 aliphatic heterocycles. The summed E-state index contributed by atoms with van der Waals surface area (Å²) in [6.07, 6.45) is 37.0. The fraction of sp³-hybridized carbons (Fsp3) is 0.903. The molecule has 0 fully saturated rings. The predicted octanol–water partition coefficient (Wildman–Crippen LogP) is 9.96. The molecule has 1 heterocycles. The SMILES string of the molecule is CCCCCCCCCCCCCn1cc[n+](CCCCC)c1CCCCCCCCCC. The van der Waals surface area contributed by atoms with Crippen molar-refractivity contribution in [1.29, 1.82) is 0 Å². The van der Waals surface area contributed by atoms with Crippen LogP contribution in [-0.4, -0.2) is 4.57 Å². The summed E-state index contributed by atoms with van der Waals surface area (Å²) < 4.78 is 5.18. The molecule has 2 nitrogen and oxygen atoms in total. The fourth-order valence-electron chi connectivity index (χ4n) is 5.09. The molecule has 0 spiro atoms. The summed E-state index contributed by atoms with van der Waals surface area (Å²) in [7, 11) is 0. The van der Waals surface area contributed by atoms with Crippen molar-refractivity contribution in [2.45, 2.75) is 182 Å². The Labute approximate surface area is 208 Å². The van der Waals surface area contributed by atoms with Crippen LogP contribution in [-0.2, 0) is 19.5 Å². The van der Waals surface area contributed by atoms with Gasteiger partial charge in [0.15, 0.2) is 0 Å². The molecule has 194 valence electrons. The van der Waals surface area contributed by atoms with Crippen LogP contribution in [0.1, 0.15) is 168 Å². The average Bonchev–Trinajstić information content (AvgIpc) is 3.21. The Morgan fingerprint density at radius 3 is 1.45 bits per heavy atom. The van der Waals surface area contributed by atoms with Gasteiger partial charge in [0, 0.05) is 6.42 Å². The molecule has 0 radical (unpaired) electrons. The van der Waals surface area contributed by atoms with E-state index < -0.39 is 0 Å². The van der Waals surface area contributed by atoms with Crippen molar-refractivity contribution < 1.29 is 4.57 Å². The second-order valence-corrected chi connectivity index (χ2v) is 10.6. The lowest BCUT2D eigenvalue weighted by Crippen LogP contribution is -2.37. The third-order valence-electron chi connectivity index (χ3n) is 7.35. The van der Waals surface area contributed by atoms with Crippen LogP contribution in [0.2, 0.25) is 0 Å². The Kier molecular flexibility index (Phi) is 21.1. The van der Waals surface area contributed by atoms with E-state index in [1.807, 2.05) is 0 Å². The van der Waals surface area contributed by atoms with Crippen LogP contribution in [0.4, 0.5) is 0 Å². The van der Waals surface area contributed by atoms with Crippen molar-refractivity contribution in [2.75, 3.05) is 0 Å². The van der Waals surface area contributed by atoms with Gasteiger partial charge in [-0.05, 0) is 32.1 Å². The van der Waals surface area contributed by atoms with Gasteiger partial charge in [-0.25, -0.2) is 9.13 Å². The number of aromatic nitrogens is 2. The van der Waals surface area contributed by atoms with Crippen LogP contribution >= 0.6 is 0 Å². The number of hydrogen-bond acceptors (Lipinski definition) is 0. The third kappa shape index (κ3) is 16.5. The first kappa shape index (κ1) is 30.2. The zero-order valence-corrected chi connectivity index (χ0v) is 23.2. The number of unbranched alkanes of at least 4 members (excludes halogenated alkanes) is 19. The van der Waals surface area contributed by atoms with Gasteiger partial charge in [0.25, 0.3) is 5.82 Å². The van der Waals surface area contributed by atoms with Gasteiger partial charge in [-0.3, -0.25) is 0 Å². The maximum absolute atomic E-state index is 2.60. The minimum absolute atomic E-state index is 1.21. The lowest BCUT2D eigenvalue weighted by atomic mass is 10.1. The minimum atomic E-state index is 1.21. The van der Waals surface area contributed by atoms with Crippen molar-refractivity contribution in [1.82, 2.24) is 4.57 Å². The lowest BCUT2D eigenvalue weighted by Gasteiger charge is -2.07. The molecule has 1 aromatic heterocycles. The maximum atomic E-state index is 2.60. The number of aryl methyl sites for hydroxylation is 2. The van der Waals surface area contributed by atoms with Crippen LogP contribution in [0.25, 0.3) is 0 Å². The minimum Gasteiger partial charge on any atom is -0.234 e. The van der Waals surface area contributed by atoms with Crippen LogP contribution in [0, 0.1) is 0 Å². The fourth-order valence-corrected chi connectivity index (χ4v) is 5.09. The predicted molar refractivity (Wildman–Crippen MR) is 147 cm³/mol. The topological polar surface area (TPSA) is 8.81 Å². The van der Waals surface area contributed by atoms with Crippen molar-refractivity contribution >= 4 is 0 Å². The highest BCUT2D eigenvalue weighted by molar-refractivity contribution is 4.84. The molecule has 0 unspecified atom stereocenters. The van der Waals surface area contributed by atoms with Crippen molar-refractivity contribution in [3.05, 3.63) is 18.2 Å². The van der Waals surface area contributed by atoms with Crippen LogP contribution in [0.5, 0.6) is 0 Å². The van der Waals surface area contributed by atoms with E-state index in [0.29, 0.717) is 0 Å². The normalized spacial score (nSPS) is 11.5. The molecule has 0 N–H and O–H groups in total. The van der Waals surface area contributed by atoms with Crippen molar-refractivity contribution in [2.24, 2.45) is 0 Å². The Balaban J connectivity index is 2.26. The molecule has 1 aromatic rings. The summed E-state index contributed by atoms with van der Waals surface area (Å²) in [4.78, 5) is 0. The third-order valence-corrected chi connectivity index (χ3v) is 7.35. The standard InChI is InChI=1S/C31H61N2/c1-4-7-10-12-14-16-17-18-20-22-25-28-33-30-29-32(27-24-9-6-3)31(33)26-23-21-19-15-13-11-8-5-2/h29-30H,4-28H2,1-3H3/q+1. The quantitative estimate of drug-likeness (QED) is 0.101. The van der Waals surface area contributed by atoms with Gasteiger partial charge in [0.05, 0.1) is 13.1 Å². The Morgan fingerprint density at radius 1 is 0.515 bits per heavy atom. The average molecular weight is 462 g/mol. The zero-order chi connectivity index (χ0) is 23.8. The highest BCUT2D eigenvalue weighted by Crippen LogP contribution is 2.14. The molecule has 0 atom stereocenters. The highest BCUT2D eigenvalue weighted by Gasteiger charge is 2.16. The number of rotatable bonds is 25. The van der Waals surface area contributed by atoms with Gasteiger partial charge >= 0.3 is 0 Å². The molecular weight excluding hydrogens is 400 g/mol. The first-order valence-electron chi connectivity index (χ1n) is 15.4. The second-order valence-electron chi connectivity index (χ2n) is 10.6. The molecule has 0 saturated heterocycles. The van der Waals surface area contributed by atoms with Crippen LogP contribution in [0.3, 0.4) is 0 Å². The Bertz CT molecular complexity index is 519. The largest absolute Gasteiger partial charge is 0.256 e. The van der Waals surface area contributed by atoms with E-state index in [2.05, 4.69) is 42.3 Å². The molecule has 0 saturated carbocycles. The zero-order valence-electron chi connectivity index (χ0n) is 23.2. The van der Waals surface area contributed by atoms with E-state index in [0.717, 1.165) is 0 Å². The Hall–Kier alpha value is -0.790. The molecule has 1 rings (SSSR count). The number of nitrogens with zero attached hydrogens (tertiary/aromatic N) is 2.